The lowest BCUT2D eigenvalue weighted by Crippen LogP contribution is -2.51. The lowest BCUT2D eigenvalue weighted by atomic mass is 10.1. The molecule has 2 atom stereocenters. The van der Waals surface area contributed by atoms with E-state index >= 15 is 0 Å². The average Bonchev–Trinajstić information content (AvgIpc) is 2.74. The van der Waals surface area contributed by atoms with Crippen LogP contribution in [0.2, 0.25) is 0 Å². The Morgan fingerprint density at radius 2 is 1.75 bits per heavy atom. The minimum absolute atomic E-state index is 0.0877. The lowest BCUT2D eigenvalue weighted by Gasteiger charge is -2.40. The number of rotatable bonds is 5. The summed E-state index contributed by atoms with van der Waals surface area (Å²) in [5.41, 5.74) is 19.6. The maximum atomic E-state index is 9.78. The summed E-state index contributed by atoms with van der Waals surface area (Å²) in [6, 6.07) is 1.03. The van der Waals surface area contributed by atoms with E-state index in [9.17, 15) is 5.11 Å². The lowest BCUT2D eigenvalue weighted by molar-refractivity contribution is 0.114. The summed E-state index contributed by atoms with van der Waals surface area (Å²) >= 11 is 0. The molecule has 0 aromatic carbocycles. The van der Waals surface area contributed by atoms with E-state index in [1.807, 2.05) is 13.0 Å². The molecule has 7 N–H and O–H groups in total. The number of likely N-dealkylation sites (N-methyl/N-ethyl adjacent to an activating group) is 1. The third kappa shape index (κ3) is 3.76. The Morgan fingerprint density at radius 3 is 2.21 bits per heavy atom. The van der Waals surface area contributed by atoms with Crippen LogP contribution >= 0.6 is 0 Å². The standard InChI is InChI=1S/C18H29N5O/c1-4-5-6-15(12(2)24)16(19)9-17(18(20)21)23-10-13-7-8-14(11-23)22(13)3/h4-6,9,13-14,24H,2,7-8,10-11,19-21H2,1,3H3/b5-4-,15-6+,16-9-. The molecule has 2 fully saturated rings. The highest BCUT2D eigenvalue weighted by Gasteiger charge is 2.38. The Morgan fingerprint density at radius 1 is 1.17 bits per heavy atom. The fourth-order valence-corrected chi connectivity index (χ4v) is 3.44. The van der Waals surface area contributed by atoms with Gasteiger partial charge < -0.3 is 27.2 Å². The molecule has 2 bridgehead atoms. The third-order valence-electron chi connectivity index (χ3n) is 4.85. The first-order valence-corrected chi connectivity index (χ1v) is 8.26. The smallest absolute Gasteiger partial charge is 0.118 e. The second-order valence-corrected chi connectivity index (χ2v) is 6.45. The van der Waals surface area contributed by atoms with E-state index in [2.05, 4.69) is 23.4 Å². The third-order valence-corrected chi connectivity index (χ3v) is 4.85. The zero-order valence-corrected chi connectivity index (χ0v) is 14.6. The van der Waals surface area contributed by atoms with Crippen molar-refractivity contribution < 1.29 is 5.11 Å². The van der Waals surface area contributed by atoms with Gasteiger partial charge in [0.05, 0.1) is 5.70 Å². The van der Waals surface area contributed by atoms with Gasteiger partial charge in [-0.15, -0.1) is 0 Å². The quantitative estimate of drug-likeness (QED) is 0.447. The molecule has 0 saturated carbocycles. The Balaban J connectivity index is 2.29. The van der Waals surface area contributed by atoms with Crippen LogP contribution in [-0.4, -0.2) is 47.1 Å². The van der Waals surface area contributed by atoms with Gasteiger partial charge in [-0.3, -0.25) is 4.90 Å². The first-order valence-electron chi connectivity index (χ1n) is 8.26. The van der Waals surface area contributed by atoms with Gasteiger partial charge in [0, 0.05) is 36.4 Å². The Bertz CT molecular complexity index is 599. The second-order valence-electron chi connectivity index (χ2n) is 6.45. The zero-order chi connectivity index (χ0) is 17.9. The number of nitrogens with zero attached hydrogens (tertiary/aromatic N) is 2. The maximum absolute atomic E-state index is 9.78. The number of likely N-dealkylation sites (tertiary alicyclic amines) is 1. The molecule has 0 radical (unpaired) electrons. The topological polar surface area (TPSA) is 105 Å². The van der Waals surface area contributed by atoms with Gasteiger partial charge in [-0.1, -0.05) is 18.7 Å². The number of aliphatic hydroxyl groups excluding tert-OH is 1. The molecule has 2 saturated heterocycles. The minimum atomic E-state index is -0.0877. The fraction of sp³-hybridized carbons (Fsp3) is 0.444. The molecule has 2 rings (SSSR count). The molecule has 2 aliphatic rings. The van der Waals surface area contributed by atoms with E-state index in [-0.39, 0.29) is 11.6 Å². The van der Waals surface area contributed by atoms with Crippen molar-refractivity contribution in [3.63, 3.8) is 0 Å². The molecule has 2 unspecified atom stereocenters. The van der Waals surface area contributed by atoms with Crippen LogP contribution in [0, 0.1) is 0 Å². The predicted octanol–water partition coefficient (Wildman–Crippen LogP) is 1.27. The number of aliphatic hydroxyl groups is 1. The van der Waals surface area contributed by atoms with Gasteiger partial charge in [0.25, 0.3) is 0 Å². The Hall–Kier alpha value is -2.34. The summed E-state index contributed by atoms with van der Waals surface area (Å²) in [5.74, 6) is 0.145. The van der Waals surface area contributed by atoms with E-state index in [4.69, 9.17) is 17.2 Å². The zero-order valence-electron chi connectivity index (χ0n) is 14.6. The van der Waals surface area contributed by atoms with Gasteiger partial charge >= 0.3 is 0 Å². The minimum Gasteiger partial charge on any atom is -0.508 e. The summed E-state index contributed by atoms with van der Waals surface area (Å²) in [6.45, 7) is 7.20. The van der Waals surface area contributed by atoms with Crippen LogP contribution in [-0.2, 0) is 0 Å². The number of allylic oxidation sites excluding steroid dienone is 4. The molecule has 0 aromatic rings. The molecule has 132 valence electrons. The molecule has 24 heavy (non-hydrogen) atoms. The summed E-state index contributed by atoms with van der Waals surface area (Å²) < 4.78 is 0. The van der Waals surface area contributed by atoms with Gasteiger partial charge in [-0.05, 0) is 39.0 Å². The summed E-state index contributed by atoms with van der Waals surface area (Å²) in [7, 11) is 2.17. The van der Waals surface area contributed by atoms with Crippen LogP contribution in [0.4, 0.5) is 0 Å². The van der Waals surface area contributed by atoms with Gasteiger partial charge in [-0.2, -0.15) is 0 Å². The molecular weight excluding hydrogens is 302 g/mol. The Kier molecular flexibility index (Phi) is 5.62. The largest absolute Gasteiger partial charge is 0.508 e. The van der Waals surface area contributed by atoms with E-state index < -0.39 is 0 Å². The highest BCUT2D eigenvalue weighted by atomic mass is 16.3. The predicted molar refractivity (Wildman–Crippen MR) is 98.5 cm³/mol. The highest BCUT2D eigenvalue weighted by molar-refractivity contribution is 5.45. The van der Waals surface area contributed by atoms with Crippen molar-refractivity contribution in [2.75, 3.05) is 20.1 Å². The van der Waals surface area contributed by atoms with Crippen molar-refractivity contribution in [2.45, 2.75) is 31.8 Å². The molecule has 0 spiro atoms. The summed E-state index contributed by atoms with van der Waals surface area (Å²) in [6.07, 6.45) is 9.47. The number of fused-ring (bicyclic) bond motifs is 2. The highest BCUT2D eigenvalue weighted by Crippen LogP contribution is 2.31. The van der Waals surface area contributed by atoms with Gasteiger partial charge in [0.1, 0.15) is 11.6 Å². The molecular formula is C18H29N5O. The van der Waals surface area contributed by atoms with Crippen LogP contribution in [0.15, 0.2) is 59.4 Å². The molecule has 0 amide bonds. The molecule has 0 aliphatic carbocycles. The first-order chi connectivity index (χ1) is 11.3. The normalized spacial score (nSPS) is 25.3. The van der Waals surface area contributed by atoms with Gasteiger partial charge in [0.2, 0.25) is 0 Å². The molecule has 2 heterocycles. The summed E-state index contributed by atoms with van der Waals surface area (Å²) in [4.78, 5) is 4.62. The molecule has 0 aromatic heterocycles. The first kappa shape index (κ1) is 18.0. The average molecular weight is 331 g/mol. The van der Waals surface area contributed by atoms with Crippen LogP contribution in [0.25, 0.3) is 0 Å². The van der Waals surface area contributed by atoms with Crippen LogP contribution in [0.3, 0.4) is 0 Å². The SMILES string of the molecule is C=C(O)C(=C\C=C/C)/C(N)=C/C(=C(N)N)N1CC2CCC(C1)N2C. The monoisotopic (exact) mass is 331 g/mol. The van der Waals surface area contributed by atoms with Crippen molar-refractivity contribution in [3.8, 4) is 0 Å². The van der Waals surface area contributed by atoms with E-state index in [1.165, 1.54) is 12.8 Å². The fourth-order valence-electron chi connectivity index (χ4n) is 3.44. The maximum Gasteiger partial charge on any atom is 0.118 e. The summed E-state index contributed by atoms with van der Waals surface area (Å²) in [5, 5.41) is 9.78. The number of piperazine rings is 1. The second kappa shape index (κ2) is 7.49. The van der Waals surface area contributed by atoms with Gasteiger partial charge in [-0.25, -0.2) is 0 Å². The number of hydrogen-bond donors (Lipinski definition) is 4. The van der Waals surface area contributed by atoms with Crippen molar-refractivity contribution in [3.05, 3.63) is 59.4 Å². The van der Waals surface area contributed by atoms with Crippen molar-refractivity contribution in [2.24, 2.45) is 17.2 Å². The van der Waals surface area contributed by atoms with E-state index in [0.29, 0.717) is 29.1 Å². The van der Waals surface area contributed by atoms with Crippen LogP contribution < -0.4 is 17.2 Å². The van der Waals surface area contributed by atoms with Crippen molar-refractivity contribution in [1.29, 1.82) is 0 Å². The van der Waals surface area contributed by atoms with E-state index in [1.54, 1.807) is 18.2 Å². The molecule has 2 aliphatic heterocycles. The van der Waals surface area contributed by atoms with Crippen molar-refractivity contribution in [1.82, 2.24) is 9.80 Å². The molecule has 6 nitrogen and oxygen atoms in total. The van der Waals surface area contributed by atoms with Crippen LogP contribution in [0.1, 0.15) is 19.8 Å². The van der Waals surface area contributed by atoms with Gasteiger partial charge in [0.15, 0.2) is 0 Å². The van der Waals surface area contributed by atoms with E-state index in [0.717, 1.165) is 13.1 Å². The number of nitrogens with two attached hydrogens (primary N) is 3. The van der Waals surface area contributed by atoms with Crippen LogP contribution in [0.5, 0.6) is 0 Å². The molecule has 6 heteroatoms. The van der Waals surface area contributed by atoms with Crippen molar-refractivity contribution >= 4 is 0 Å². The Labute approximate surface area is 144 Å². The number of hydrogen-bond acceptors (Lipinski definition) is 6.